The summed E-state index contributed by atoms with van der Waals surface area (Å²) < 4.78 is 0. The Morgan fingerprint density at radius 2 is 2.40 bits per heavy atom. The van der Waals surface area contributed by atoms with Crippen LogP contribution in [0, 0.1) is 5.21 Å². The second-order valence-electron chi connectivity index (χ2n) is 0.380. The van der Waals surface area contributed by atoms with Crippen LogP contribution in [-0.4, -0.2) is 0 Å². The Bertz CT molecular complexity index is 77.4. The van der Waals surface area contributed by atoms with Gasteiger partial charge in [-0.05, 0) is 6.58 Å². The minimum atomic E-state index is 1.08. The van der Waals surface area contributed by atoms with Crippen LogP contribution in [0.5, 0.6) is 0 Å². The molecule has 0 radical (unpaired) electrons. The fourth-order valence-corrected chi connectivity index (χ4v) is 0.0333. The third-order valence-corrected chi connectivity index (χ3v) is 0.129. The Morgan fingerprint density at radius 1 is 1.80 bits per heavy atom. The molecule has 0 saturated carbocycles. The summed E-state index contributed by atoms with van der Waals surface area (Å²) in [5.41, 5.74) is 0. The van der Waals surface area contributed by atoms with Crippen molar-refractivity contribution in [1.82, 2.24) is 0 Å². The predicted octanol–water partition coefficient (Wildman–Crippen LogP) is 1.29. The molecule has 0 heterocycles. The van der Waals surface area contributed by atoms with Gasteiger partial charge in [0, 0.05) is 0 Å². The lowest BCUT2D eigenvalue weighted by molar-refractivity contribution is 2.00. The maximum Gasteiger partial charge on any atom is 0.411 e. The fourth-order valence-electron chi connectivity index (χ4n) is 0.0333. The number of rotatable bonds is 0. The van der Waals surface area contributed by atoms with Crippen LogP contribution in [0.4, 0.5) is 0 Å². The lowest BCUT2D eigenvalue weighted by atomic mass is 11.1. The van der Waals surface area contributed by atoms with Crippen LogP contribution in [0.15, 0.2) is 12.8 Å². The number of nitrogens with zero attached hydrogens (tertiary/aromatic N) is 2. The van der Waals surface area contributed by atoms with E-state index in [1.165, 1.54) is 0 Å². The van der Waals surface area contributed by atoms with Crippen LogP contribution in [-0.2, 0) is 0 Å². The van der Waals surface area contributed by atoms with Crippen molar-refractivity contribution in [3.8, 4) is 0 Å². The number of diazo groups is 1. The van der Waals surface area contributed by atoms with Crippen molar-refractivity contribution in [2.75, 3.05) is 0 Å². The largest absolute Gasteiger partial charge is 0.428 e. The average molecular weight is 71.1 g/mol. The van der Waals surface area contributed by atoms with Crippen molar-refractivity contribution in [2.24, 2.45) is 0 Å². The first-order valence-corrected chi connectivity index (χ1v) is 1.05. The van der Waals surface area contributed by atoms with E-state index in [9.17, 15) is 0 Å². The predicted molar refractivity (Wildman–Crippen MR) is 20.3 cm³/mol. The van der Waals surface area contributed by atoms with Gasteiger partial charge in [-0.25, -0.2) is 0 Å². The molecule has 0 spiro atoms. The molecule has 0 aromatic heterocycles. The normalized spacial score (nSPS) is 4.00. The standard InChI is InChI=1S/C2H3N2O/c1-2-3-4-5/h2H,1H2/q+1. The monoisotopic (exact) mass is 71.0 g/mol. The second kappa shape index (κ2) is 2.96. The minimum Gasteiger partial charge on any atom is -0.428 e. The zero-order valence-electron chi connectivity index (χ0n) is 2.59. The molecule has 0 aliphatic carbocycles. The molecule has 0 N–H and O–H groups in total. The van der Waals surface area contributed by atoms with Crippen LogP contribution in [0.25, 0.3) is 10.1 Å². The molecule has 0 fully saturated rings. The summed E-state index contributed by atoms with van der Waals surface area (Å²) in [5, 5.41) is 11.0. The van der Waals surface area contributed by atoms with Gasteiger partial charge in [-0.2, -0.15) is 0 Å². The average Bonchev–Trinajstić information content (AvgIpc) is 1.41. The highest BCUT2D eigenvalue weighted by molar-refractivity contribution is 4.84. The van der Waals surface area contributed by atoms with Crippen LogP contribution >= 0.6 is 0 Å². The van der Waals surface area contributed by atoms with E-state index in [2.05, 4.69) is 16.7 Å². The molecule has 0 aliphatic heterocycles. The smallest absolute Gasteiger partial charge is 0.411 e. The quantitative estimate of drug-likeness (QED) is 0.312. The van der Waals surface area contributed by atoms with Crippen molar-refractivity contribution < 1.29 is 0 Å². The SMILES string of the molecule is C=C[N+]#[N+][O-]. The third-order valence-electron chi connectivity index (χ3n) is 0.129. The summed E-state index contributed by atoms with van der Waals surface area (Å²) in [6, 6.07) is 0. The highest BCUT2D eigenvalue weighted by Gasteiger charge is 1.71. The fraction of sp³-hybridized carbons (Fsp3) is 0. The summed E-state index contributed by atoms with van der Waals surface area (Å²) in [6.45, 7) is 3.09. The van der Waals surface area contributed by atoms with Crippen molar-refractivity contribution >= 4 is 0 Å². The van der Waals surface area contributed by atoms with E-state index in [0.717, 1.165) is 6.20 Å². The van der Waals surface area contributed by atoms with Gasteiger partial charge in [0.15, 0.2) is 0 Å². The van der Waals surface area contributed by atoms with E-state index in [1.54, 1.807) is 0 Å². The summed E-state index contributed by atoms with van der Waals surface area (Å²) in [7, 11) is 0. The Hall–Kier alpha value is -1.04. The Morgan fingerprint density at radius 3 is 2.40 bits per heavy atom. The van der Waals surface area contributed by atoms with Gasteiger partial charge in [-0.15, -0.1) is 0 Å². The molecular weight excluding hydrogens is 68.0 g/mol. The van der Waals surface area contributed by atoms with E-state index in [4.69, 9.17) is 5.21 Å². The molecular formula is C2H3N2O+. The highest BCUT2D eigenvalue weighted by Crippen LogP contribution is 1.63. The summed E-state index contributed by atoms with van der Waals surface area (Å²) in [5.74, 6) is 0. The zero-order valence-corrected chi connectivity index (χ0v) is 2.59. The van der Waals surface area contributed by atoms with Crippen molar-refractivity contribution in [1.29, 1.82) is 0 Å². The third kappa shape index (κ3) is 2.96. The van der Waals surface area contributed by atoms with Gasteiger partial charge in [0.2, 0.25) is 0 Å². The molecule has 0 aromatic rings. The molecule has 26 valence electrons. The number of hydrogen-bond acceptors (Lipinski definition) is 1. The van der Waals surface area contributed by atoms with Crippen LogP contribution in [0.2, 0.25) is 0 Å². The van der Waals surface area contributed by atoms with Gasteiger partial charge in [0.25, 0.3) is 0 Å². The van der Waals surface area contributed by atoms with Gasteiger partial charge in [0.05, 0.1) is 0 Å². The molecule has 0 bridgehead atoms. The van der Waals surface area contributed by atoms with Crippen molar-refractivity contribution in [3.05, 3.63) is 28.1 Å². The maximum absolute atomic E-state index is 8.92. The molecule has 0 aliphatic rings. The topological polar surface area (TPSA) is 31.8 Å². The van der Waals surface area contributed by atoms with E-state index >= 15 is 0 Å². The van der Waals surface area contributed by atoms with E-state index < -0.39 is 0 Å². The molecule has 0 aromatic carbocycles. The van der Waals surface area contributed by atoms with Gasteiger partial charge in [-0.3, -0.25) is 0 Å². The molecule has 0 rings (SSSR count). The molecule has 0 saturated heterocycles. The number of hydrogen-bond donors (Lipinski definition) is 0. The van der Waals surface area contributed by atoms with Gasteiger partial charge in [-0.1, -0.05) is 0 Å². The Kier molecular flexibility index (Phi) is 2.34. The van der Waals surface area contributed by atoms with E-state index in [-0.39, 0.29) is 0 Å². The molecule has 3 heteroatoms. The molecule has 0 unspecified atom stereocenters. The summed E-state index contributed by atoms with van der Waals surface area (Å²) in [6.07, 6.45) is 1.08. The Balaban J connectivity index is 3.16. The van der Waals surface area contributed by atoms with Crippen LogP contribution in [0.1, 0.15) is 0 Å². The van der Waals surface area contributed by atoms with Gasteiger partial charge in [0.1, 0.15) is 0 Å². The first-order valence-electron chi connectivity index (χ1n) is 1.05. The molecule has 0 atom stereocenters. The van der Waals surface area contributed by atoms with E-state index in [0.29, 0.717) is 0 Å². The summed E-state index contributed by atoms with van der Waals surface area (Å²) >= 11 is 0. The van der Waals surface area contributed by atoms with E-state index in [1.807, 2.05) is 0 Å². The van der Waals surface area contributed by atoms with Crippen LogP contribution in [0.3, 0.4) is 0 Å². The zero-order chi connectivity index (χ0) is 4.12. The molecule has 5 heavy (non-hydrogen) atoms. The van der Waals surface area contributed by atoms with Gasteiger partial charge < -0.3 is 5.21 Å². The first kappa shape index (κ1) is 3.96. The highest BCUT2D eigenvalue weighted by atomic mass is 16.4. The molecule has 0 amide bonds. The maximum atomic E-state index is 8.92. The Labute approximate surface area is 29.3 Å². The minimum absolute atomic E-state index is 1.08. The van der Waals surface area contributed by atoms with Gasteiger partial charge >= 0.3 is 16.3 Å². The summed E-state index contributed by atoms with van der Waals surface area (Å²) in [4.78, 5) is 2.81. The second-order valence-corrected chi connectivity index (χ2v) is 0.380. The van der Waals surface area contributed by atoms with Crippen molar-refractivity contribution in [3.63, 3.8) is 0 Å². The molecule has 3 nitrogen and oxygen atoms in total. The van der Waals surface area contributed by atoms with Crippen LogP contribution < -0.4 is 0 Å². The van der Waals surface area contributed by atoms with Crippen molar-refractivity contribution in [2.45, 2.75) is 0 Å². The lowest BCUT2D eigenvalue weighted by Gasteiger charge is -1.24. The lowest BCUT2D eigenvalue weighted by Crippen LogP contribution is -1.20. The first-order chi connectivity index (χ1) is 2.41.